The van der Waals surface area contributed by atoms with Crippen molar-refractivity contribution in [2.75, 3.05) is 18.0 Å². The van der Waals surface area contributed by atoms with E-state index in [2.05, 4.69) is 36.9 Å². The minimum absolute atomic E-state index is 0.257. The molecule has 1 heterocycles. The fraction of sp³-hybridized carbons (Fsp3) is 0.600. The van der Waals surface area contributed by atoms with Crippen LogP contribution < -0.4 is 15.4 Å². The predicted molar refractivity (Wildman–Crippen MR) is 76.2 cm³/mol. The van der Waals surface area contributed by atoms with Crippen LogP contribution in [-0.4, -0.2) is 19.2 Å². The highest BCUT2D eigenvalue weighted by Gasteiger charge is 2.22. The van der Waals surface area contributed by atoms with Gasteiger partial charge in [-0.15, -0.1) is 0 Å². The van der Waals surface area contributed by atoms with Crippen LogP contribution in [0.2, 0.25) is 0 Å². The number of ether oxygens (including phenoxy) is 1. The van der Waals surface area contributed by atoms with Gasteiger partial charge in [-0.05, 0) is 31.0 Å². The van der Waals surface area contributed by atoms with Crippen molar-refractivity contribution in [1.82, 2.24) is 0 Å². The first-order chi connectivity index (χ1) is 8.74. The van der Waals surface area contributed by atoms with E-state index in [-0.39, 0.29) is 6.10 Å². The predicted octanol–water partition coefficient (Wildman–Crippen LogP) is 2.92. The van der Waals surface area contributed by atoms with Crippen molar-refractivity contribution in [3.05, 3.63) is 23.8 Å². The Morgan fingerprint density at radius 1 is 1.39 bits per heavy atom. The zero-order chi connectivity index (χ0) is 13.0. The van der Waals surface area contributed by atoms with Crippen molar-refractivity contribution >= 4 is 5.69 Å². The van der Waals surface area contributed by atoms with E-state index in [1.807, 2.05) is 0 Å². The largest absolute Gasteiger partial charge is 0.487 e. The molecule has 1 aromatic rings. The summed E-state index contributed by atoms with van der Waals surface area (Å²) in [4.78, 5) is 2.44. The zero-order valence-electron chi connectivity index (χ0n) is 11.5. The van der Waals surface area contributed by atoms with Crippen LogP contribution in [0.5, 0.6) is 5.75 Å². The third-order valence-electron chi connectivity index (χ3n) is 3.44. The first-order valence-electron chi connectivity index (χ1n) is 6.99. The van der Waals surface area contributed by atoms with Crippen molar-refractivity contribution in [2.45, 2.75) is 45.8 Å². The van der Waals surface area contributed by atoms with Crippen molar-refractivity contribution in [3.63, 3.8) is 0 Å². The number of fused-ring (bicyclic) bond motifs is 1. The first-order valence-corrected chi connectivity index (χ1v) is 6.99. The van der Waals surface area contributed by atoms with Crippen molar-refractivity contribution in [1.29, 1.82) is 0 Å². The maximum atomic E-state index is 5.91. The second-order valence-corrected chi connectivity index (χ2v) is 5.09. The van der Waals surface area contributed by atoms with Crippen LogP contribution >= 0.6 is 0 Å². The monoisotopic (exact) mass is 248 g/mol. The smallest absolute Gasteiger partial charge is 0.143 e. The molecule has 1 aliphatic heterocycles. The number of nitrogens with two attached hydrogens (primary N) is 1. The van der Waals surface area contributed by atoms with Gasteiger partial charge in [-0.25, -0.2) is 0 Å². The molecule has 18 heavy (non-hydrogen) atoms. The Labute approximate surface area is 110 Å². The van der Waals surface area contributed by atoms with Gasteiger partial charge in [-0.2, -0.15) is 0 Å². The molecule has 0 fully saturated rings. The normalized spacial score (nSPS) is 18.4. The molecule has 3 heteroatoms. The molecule has 0 radical (unpaired) electrons. The fourth-order valence-corrected chi connectivity index (χ4v) is 2.47. The van der Waals surface area contributed by atoms with Crippen LogP contribution in [-0.2, 0) is 6.54 Å². The van der Waals surface area contributed by atoms with E-state index >= 15 is 0 Å². The van der Waals surface area contributed by atoms with Crippen LogP contribution in [0.25, 0.3) is 0 Å². The molecular formula is C15H24N2O. The Hall–Kier alpha value is -1.22. The van der Waals surface area contributed by atoms with Crippen LogP contribution in [0.15, 0.2) is 18.2 Å². The lowest BCUT2D eigenvalue weighted by molar-refractivity contribution is 0.212. The Balaban J connectivity index is 2.14. The molecule has 2 N–H and O–H groups in total. The maximum Gasteiger partial charge on any atom is 0.143 e. The molecule has 0 saturated carbocycles. The molecule has 0 aliphatic carbocycles. The molecule has 1 aromatic carbocycles. The van der Waals surface area contributed by atoms with Gasteiger partial charge in [-0.3, -0.25) is 0 Å². The van der Waals surface area contributed by atoms with Crippen molar-refractivity contribution in [3.8, 4) is 5.75 Å². The molecule has 0 spiro atoms. The van der Waals surface area contributed by atoms with Crippen LogP contribution in [0.4, 0.5) is 5.69 Å². The molecule has 0 saturated heterocycles. The third kappa shape index (κ3) is 2.96. The van der Waals surface area contributed by atoms with E-state index in [1.165, 1.54) is 24.9 Å². The highest BCUT2D eigenvalue weighted by atomic mass is 16.5. The summed E-state index contributed by atoms with van der Waals surface area (Å²) < 4.78 is 5.91. The highest BCUT2D eigenvalue weighted by Crippen LogP contribution is 2.34. The number of anilines is 1. The number of hydrogen-bond donors (Lipinski definition) is 1. The van der Waals surface area contributed by atoms with Crippen LogP contribution in [0.3, 0.4) is 0 Å². The van der Waals surface area contributed by atoms with Gasteiger partial charge in [0, 0.05) is 13.1 Å². The molecule has 100 valence electrons. The Kier molecular flexibility index (Phi) is 4.48. The summed E-state index contributed by atoms with van der Waals surface area (Å²) in [5.41, 5.74) is 8.04. The summed E-state index contributed by atoms with van der Waals surface area (Å²) in [6.07, 6.45) is 4.06. The van der Waals surface area contributed by atoms with E-state index in [0.717, 1.165) is 24.4 Å². The summed E-state index contributed by atoms with van der Waals surface area (Å²) in [5, 5.41) is 0. The Morgan fingerprint density at radius 3 is 2.94 bits per heavy atom. The molecule has 0 amide bonds. The van der Waals surface area contributed by atoms with Crippen LogP contribution in [0, 0.1) is 0 Å². The van der Waals surface area contributed by atoms with Gasteiger partial charge in [0.2, 0.25) is 0 Å². The van der Waals surface area contributed by atoms with Crippen molar-refractivity contribution < 1.29 is 4.74 Å². The standard InChI is InChI=1S/C15H24N2O/c1-3-4-5-8-17-11-12(2)18-15-9-13(10-16)6-7-14(15)17/h6-7,9,12H,3-5,8,10-11,16H2,1-2H3. The van der Waals surface area contributed by atoms with Gasteiger partial charge in [0.05, 0.1) is 12.2 Å². The van der Waals surface area contributed by atoms with Gasteiger partial charge in [0.15, 0.2) is 0 Å². The first kappa shape index (κ1) is 13.2. The van der Waals surface area contributed by atoms with E-state index < -0.39 is 0 Å². The second kappa shape index (κ2) is 6.10. The van der Waals surface area contributed by atoms with Gasteiger partial charge in [-0.1, -0.05) is 25.8 Å². The molecule has 0 aromatic heterocycles. The summed E-state index contributed by atoms with van der Waals surface area (Å²) in [6.45, 7) is 7.05. The number of unbranched alkanes of at least 4 members (excludes halogenated alkanes) is 2. The Morgan fingerprint density at radius 2 is 2.22 bits per heavy atom. The molecule has 1 atom stereocenters. The molecule has 0 bridgehead atoms. The van der Waals surface area contributed by atoms with Gasteiger partial charge in [0.1, 0.15) is 11.9 Å². The number of nitrogens with zero attached hydrogens (tertiary/aromatic N) is 1. The van der Waals surface area contributed by atoms with Crippen molar-refractivity contribution in [2.24, 2.45) is 5.73 Å². The highest BCUT2D eigenvalue weighted by molar-refractivity contribution is 5.61. The molecule has 2 rings (SSSR count). The second-order valence-electron chi connectivity index (χ2n) is 5.09. The van der Waals surface area contributed by atoms with Crippen LogP contribution in [0.1, 0.15) is 38.7 Å². The zero-order valence-corrected chi connectivity index (χ0v) is 11.5. The maximum absolute atomic E-state index is 5.91. The lowest BCUT2D eigenvalue weighted by Gasteiger charge is -2.35. The Bertz CT molecular complexity index is 392. The third-order valence-corrected chi connectivity index (χ3v) is 3.44. The number of rotatable bonds is 5. The van der Waals surface area contributed by atoms with Gasteiger partial charge >= 0.3 is 0 Å². The minimum atomic E-state index is 0.257. The summed E-state index contributed by atoms with van der Waals surface area (Å²) in [5.74, 6) is 0.994. The van der Waals surface area contributed by atoms with E-state index in [9.17, 15) is 0 Å². The average molecular weight is 248 g/mol. The summed E-state index contributed by atoms with van der Waals surface area (Å²) in [6, 6.07) is 6.33. The lowest BCUT2D eigenvalue weighted by Crippen LogP contribution is -2.39. The summed E-state index contributed by atoms with van der Waals surface area (Å²) in [7, 11) is 0. The minimum Gasteiger partial charge on any atom is -0.487 e. The average Bonchev–Trinajstić information content (AvgIpc) is 2.38. The SMILES string of the molecule is CCCCCN1CC(C)Oc2cc(CN)ccc21. The quantitative estimate of drug-likeness (QED) is 0.814. The van der Waals surface area contributed by atoms with E-state index in [0.29, 0.717) is 6.54 Å². The molecule has 3 nitrogen and oxygen atoms in total. The van der Waals surface area contributed by atoms with Gasteiger partial charge in [0.25, 0.3) is 0 Å². The van der Waals surface area contributed by atoms with E-state index in [4.69, 9.17) is 10.5 Å². The molecule has 1 aliphatic rings. The van der Waals surface area contributed by atoms with Gasteiger partial charge < -0.3 is 15.4 Å². The lowest BCUT2D eigenvalue weighted by atomic mass is 10.1. The fourth-order valence-electron chi connectivity index (χ4n) is 2.47. The summed E-state index contributed by atoms with van der Waals surface area (Å²) >= 11 is 0. The number of hydrogen-bond acceptors (Lipinski definition) is 3. The van der Waals surface area contributed by atoms with E-state index in [1.54, 1.807) is 0 Å². The topological polar surface area (TPSA) is 38.5 Å². The number of benzene rings is 1. The molecular weight excluding hydrogens is 224 g/mol. The molecule has 1 unspecified atom stereocenters.